The van der Waals surface area contributed by atoms with Gasteiger partial charge in [-0.15, -0.1) is 0 Å². The molecule has 0 saturated carbocycles. The normalized spacial score (nSPS) is 18.6. The lowest BCUT2D eigenvalue weighted by atomic mass is 10.2. The van der Waals surface area contributed by atoms with Crippen LogP contribution in [0.2, 0.25) is 5.02 Å². The number of hydrogen-bond acceptors (Lipinski definition) is 4. The van der Waals surface area contributed by atoms with Gasteiger partial charge in [-0.25, -0.2) is 0 Å². The number of anilines is 1. The van der Waals surface area contributed by atoms with Gasteiger partial charge in [-0.1, -0.05) is 35.6 Å². The summed E-state index contributed by atoms with van der Waals surface area (Å²) in [5, 5.41) is 5.36. The zero-order chi connectivity index (χ0) is 13.1. The molecule has 1 atom stereocenters. The van der Waals surface area contributed by atoms with Gasteiger partial charge >= 0.3 is 0 Å². The predicted octanol–water partition coefficient (Wildman–Crippen LogP) is 2.19. The maximum absolute atomic E-state index is 11.7. The Morgan fingerprint density at radius 1 is 1.44 bits per heavy atom. The van der Waals surface area contributed by atoms with E-state index in [-0.39, 0.29) is 18.2 Å². The lowest BCUT2D eigenvalue weighted by molar-refractivity contribution is -0.122. The van der Waals surface area contributed by atoms with Gasteiger partial charge in [0.2, 0.25) is 11.8 Å². The van der Waals surface area contributed by atoms with Crippen LogP contribution in [0.4, 0.5) is 5.69 Å². The monoisotopic (exact) mass is 300 g/mol. The molecule has 0 spiro atoms. The van der Waals surface area contributed by atoms with Crippen molar-refractivity contribution in [3.63, 3.8) is 0 Å². The zero-order valence-corrected chi connectivity index (χ0v) is 11.5. The van der Waals surface area contributed by atoms with Crippen molar-refractivity contribution in [3.8, 4) is 0 Å². The maximum atomic E-state index is 11.7. The molecular weight excluding hydrogens is 292 g/mol. The second-order valence-corrected chi connectivity index (χ2v) is 5.96. The third kappa shape index (κ3) is 3.44. The second kappa shape index (κ2) is 5.69. The summed E-state index contributed by atoms with van der Waals surface area (Å²) in [5.74, 6) is -0.439. The highest BCUT2D eigenvalue weighted by Crippen LogP contribution is 2.23. The molecule has 1 heterocycles. The molecule has 1 saturated heterocycles. The number of hydrogen-bond donors (Lipinski definition) is 2. The molecular formula is C11H9ClN2O2S2. The summed E-state index contributed by atoms with van der Waals surface area (Å²) in [6.45, 7) is 0. The second-order valence-electron chi connectivity index (χ2n) is 3.64. The van der Waals surface area contributed by atoms with E-state index < -0.39 is 5.25 Å². The van der Waals surface area contributed by atoms with Crippen molar-refractivity contribution in [2.24, 2.45) is 0 Å². The fourth-order valence-corrected chi connectivity index (χ4v) is 2.83. The van der Waals surface area contributed by atoms with Gasteiger partial charge in [0.25, 0.3) is 0 Å². The predicted molar refractivity (Wildman–Crippen MR) is 76.8 cm³/mol. The van der Waals surface area contributed by atoms with Crippen LogP contribution in [0.5, 0.6) is 0 Å². The van der Waals surface area contributed by atoms with E-state index in [0.29, 0.717) is 15.0 Å². The lowest BCUT2D eigenvalue weighted by Gasteiger charge is -2.07. The quantitative estimate of drug-likeness (QED) is 0.840. The van der Waals surface area contributed by atoms with Crippen molar-refractivity contribution in [2.45, 2.75) is 11.7 Å². The van der Waals surface area contributed by atoms with E-state index in [2.05, 4.69) is 10.6 Å². The van der Waals surface area contributed by atoms with Gasteiger partial charge in [0, 0.05) is 17.1 Å². The number of halogens is 1. The first-order valence-corrected chi connectivity index (χ1v) is 6.78. The molecule has 4 nitrogen and oxygen atoms in total. The molecule has 1 aliphatic heterocycles. The molecule has 7 heteroatoms. The molecule has 18 heavy (non-hydrogen) atoms. The first-order chi connectivity index (χ1) is 8.54. The van der Waals surface area contributed by atoms with E-state index in [1.807, 2.05) is 0 Å². The zero-order valence-electron chi connectivity index (χ0n) is 9.10. The molecule has 0 aromatic heterocycles. The number of amides is 2. The molecule has 94 valence electrons. The van der Waals surface area contributed by atoms with Crippen molar-refractivity contribution < 1.29 is 9.59 Å². The minimum atomic E-state index is -0.440. The van der Waals surface area contributed by atoms with Crippen molar-refractivity contribution >= 4 is 57.4 Å². The van der Waals surface area contributed by atoms with E-state index in [4.69, 9.17) is 23.8 Å². The van der Waals surface area contributed by atoms with Crippen LogP contribution in [0.15, 0.2) is 24.3 Å². The largest absolute Gasteiger partial charge is 0.326 e. The van der Waals surface area contributed by atoms with Gasteiger partial charge in [-0.3, -0.25) is 9.59 Å². The highest BCUT2D eigenvalue weighted by Gasteiger charge is 2.30. The van der Waals surface area contributed by atoms with Crippen molar-refractivity contribution in [1.29, 1.82) is 0 Å². The molecule has 0 aliphatic carbocycles. The average molecular weight is 301 g/mol. The van der Waals surface area contributed by atoms with Crippen LogP contribution in [-0.2, 0) is 9.59 Å². The van der Waals surface area contributed by atoms with Crippen LogP contribution in [-0.4, -0.2) is 21.4 Å². The fraction of sp³-hybridized carbons (Fsp3) is 0.182. The smallest absolute Gasteiger partial charge is 0.239 e. The molecule has 1 aliphatic rings. The topological polar surface area (TPSA) is 58.2 Å². The minimum absolute atomic E-state index is 0.0965. The van der Waals surface area contributed by atoms with E-state index in [1.54, 1.807) is 24.3 Å². The number of thioether (sulfide) groups is 1. The van der Waals surface area contributed by atoms with Gasteiger partial charge in [0.05, 0.1) is 5.25 Å². The van der Waals surface area contributed by atoms with Crippen LogP contribution >= 0.6 is 35.6 Å². The number of carbonyl (C=O) groups is 2. The first kappa shape index (κ1) is 13.3. The number of thiocarbonyl (C=S) groups is 1. The van der Waals surface area contributed by atoms with Crippen LogP contribution in [0.25, 0.3) is 0 Å². The SMILES string of the molecule is O=C(CC1SC(=S)NC1=O)Nc1ccc(Cl)cc1. The van der Waals surface area contributed by atoms with Gasteiger partial charge in [-0.05, 0) is 24.3 Å². The van der Waals surface area contributed by atoms with Crippen molar-refractivity contribution in [1.82, 2.24) is 5.32 Å². The van der Waals surface area contributed by atoms with E-state index in [1.165, 1.54) is 11.8 Å². The van der Waals surface area contributed by atoms with Crippen LogP contribution in [0.3, 0.4) is 0 Å². The number of carbonyl (C=O) groups excluding carboxylic acids is 2. The Hall–Kier alpha value is -1.11. The van der Waals surface area contributed by atoms with Crippen LogP contribution < -0.4 is 10.6 Å². The van der Waals surface area contributed by atoms with Gasteiger partial charge < -0.3 is 10.6 Å². The molecule has 2 rings (SSSR count). The Labute approximate surface area is 118 Å². The van der Waals surface area contributed by atoms with Crippen LogP contribution in [0.1, 0.15) is 6.42 Å². The number of rotatable bonds is 3. The lowest BCUT2D eigenvalue weighted by Crippen LogP contribution is -2.27. The van der Waals surface area contributed by atoms with E-state index >= 15 is 0 Å². The fourth-order valence-electron chi connectivity index (χ4n) is 1.44. The Bertz CT molecular complexity index is 504. The van der Waals surface area contributed by atoms with Gasteiger partial charge in [0.1, 0.15) is 4.32 Å². The van der Waals surface area contributed by atoms with E-state index in [9.17, 15) is 9.59 Å². The summed E-state index contributed by atoms with van der Waals surface area (Å²) in [6.07, 6.45) is 0.0965. The third-order valence-corrected chi connectivity index (χ3v) is 3.89. The third-order valence-electron chi connectivity index (χ3n) is 2.27. The Balaban J connectivity index is 1.91. The summed E-state index contributed by atoms with van der Waals surface area (Å²) in [6, 6.07) is 6.77. The molecule has 1 fully saturated rings. The van der Waals surface area contributed by atoms with Crippen LogP contribution in [0, 0.1) is 0 Å². The molecule has 1 aromatic rings. The minimum Gasteiger partial charge on any atom is -0.326 e. The Kier molecular flexibility index (Phi) is 4.21. The van der Waals surface area contributed by atoms with Crippen molar-refractivity contribution in [2.75, 3.05) is 5.32 Å². The molecule has 2 amide bonds. The molecule has 0 bridgehead atoms. The summed E-state index contributed by atoms with van der Waals surface area (Å²) >= 11 is 11.8. The summed E-state index contributed by atoms with van der Waals surface area (Å²) in [4.78, 5) is 23.1. The number of benzene rings is 1. The standard InChI is InChI=1S/C11H9ClN2O2S2/c12-6-1-3-7(4-2-6)13-9(15)5-8-10(16)14-11(17)18-8/h1-4,8H,5H2,(H,13,15)(H,14,16,17). The first-order valence-electron chi connectivity index (χ1n) is 5.11. The Morgan fingerprint density at radius 3 is 2.67 bits per heavy atom. The number of nitrogens with one attached hydrogen (secondary N) is 2. The van der Waals surface area contributed by atoms with E-state index in [0.717, 1.165) is 0 Å². The summed E-state index contributed by atoms with van der Waals surface area (Å²) < 4.78 is 0.421. The highest BCUT2D eigenvalue weighted by atomic mass is 35.5. The van der Waals surface area contributed by atoms with Gasteiger partial charge in [-0.2, -0.15) is 0 Å². The Morgan fingerprint density at radius 2 is 2.11 bits per heavy atom. The summed E-state index contributed by atoms with van der Waals surface area (Å²) in [5.41, 5.74) is 0.649. The highest BCUT2D eigenvalue weighted by molar-refractivity contribution is 8.24. The summed E-state index contributed by atoms with van der Waals surface area (Å²) in [7, 11) is 0. The van der Waals surface area contributed by atoms with Gasteiger partial charge in [0.15, 0.2) is 0 Å². The molecule has 1 aromatic carbocycles. The molecule has 0 radical (unpaired) electrons. The maximum Gasteiger partial charge on any atom is 0.239 e. The molecule has 2 N–H and O–H groups in total. The molecule has 1 unspecified atom stereocenters. The average Bonchev–Trinajstić information content (AvgIpc) is 2.61. The van der Waals surface area contributed by atoms with Crippen molar-refractivity contribution in [3.05, 3.63) is 29.3 Å².